The van der Waals surface area contributed by atoms with Gasteiger partial charge in [-0.1, -0.05) is 103 Å². The van der Waals surface area contributed by atoms with Crippen molar-refractivity contribution in [1.29, 1.82) is 0 Å². The number of rotatable bonds is 25. The van der Waals surface area contributed by atoms with Crippen molar-refractivity contribution >= 4 is 36.8 Å². The van der Waals surface area contributed by atoms with Crippen molar-refractivity contribution in [2.75, 3.05) is 0 Å². The number of carbonyl (C=O) groups is 3. The Balaban J connectivity index is 0. The van der Waals surface area contributed by atoms with Crippen molar-refractivity contribution < 1.29 is 29.3 Å². The molecule has 7 heteroatoms. The molecule has 0 aliphatic rings. The second-order valence-corrected chi connectivity index (χ2v) is 9.73. The zero-order valence-corrected chi connectivity index (χ0v) is 21.9. The van der Waals surface area contributed by atoms with Crippen molar-refractivity contribution in [3.05, 3.63) is 0 Å². The van der Waals surface area contributed by atoms with Gasteiger partial charge in [-0.2, -0.15) is 0 Å². The van der Waals surface area contributed by atoms with Crippen LogP contribution in [-0.2, 0) is 19.1 Å². The summed E-state index contributed by atoms with van der Waals surface area (Å²) in [7, 11) is 0. The van der Waals surface area contributed by atoms with Gasteiger partial charge in [0, 0.05) is 19.3 Å². The molecule has 0 rings (SSSR count). The van der Waals surface area contributed by atoms with Gasteiger partial charge in [-0.3, -0.25) is 14.4 Å². The molecule has 0 saturated heterocycles. The number of carboxylic acids is 1. The summed E-state index contributed by atoms with van der Waals surface area (Å²) >= 11 is 0. The minimum atomic E-state index is -0.751. The summed E-state index contributed by atoms with van der Waals surface area (Å²) in [6.07, 6.45) is 21.4. The van der Waals surface area contributed by atoms with Crippen molar-refractivity contribution in [2.45, 2.75) is 161 Å². The van der Waals surface area contributed by atoms with Gasteiger partial charge >= 0.3 is 36.8 Å². The van der Waals surface area contributed by atoms with Crippen LogP contribution in [0.15, 0.2) is 0 Å². The average Bonchev–Trinajstić information content (AvgIpc) is 2.79. The summed E-state index contributed by atoms with van der Waals surface area (Å²) in [5.74, 6) is -1.59. The number of carbonyl (C=O) groups excluding carboxylic acids is 2. The molecular weight excluding hydrogens is 439 g/mol. The number of hydrogen-bond donors (Lipinski definition) is 2. The van der Waals surface area contributed by atoms with E-state index in [2.05, 4.69) is 6.92 Å². The molecule has 202 valence electrons. The molecule has 1 atom stereocenters. The third-order valence-electron chi connectivity index (χ3n) is 6.31. The molecule has 0 bridgehead atoms. The van der Waals surface area contributed by atoms with Crippen molar-refractivity contribution in [3.63, 3.8) is 0 Å². The number of carboxylic acid groups (broad SMARTS) is 1. The quantitative estimate of drug-likeness (QED) is 0.0626. The van der Waals surface area contributed by atoms with Crippen LogP contribution in [0.25, 0.3) is 0 Å². The van der Waals surface area contributed by atoms with E-state index in [0.717, 1.165) is 70.6 Å². The van der Waals surface area contributed by atoms with Gasteiger partial charge in [-0.15, -0.1) is 0 Å². The maximum absolute atomic E-state index is 11.8. The number of unbranched alkanes of at least 4 members (excludes halogenated alkanes) is 15. The first-order valence-corrected chi connectivity index (χ1v) is 14.1. The van der Waals surface area contributed by atoms with E-state index in [0.29, 0.717) is 19.3 Å². The van der Waals surface area contributed by atoms with Crippen LogP contribution < -0.4 is 0 Å². The predicted molar refractivity (Wildman–Crippen MR) is 144 cm³/mol. The number of aliphatic hydroxyl groups is 1. The fraction of sp³-hybridized carbons (Fsp3) is 0.893. The van der Waals surface area contributed by atoms with E-state index >= 15 is 0 Å². The van der Waals surface area contributed by atoms with E-state index in [1.54, 1.807) is 0 Å². The first-order chi connectivity index (χ1) is 16.5. The van der Waals surface area contributed by atoms with Crippen LogP contribution in [0.5, 0.6) is 0 Å². The number of aliphatic hydroxyl groups excluding tert-OH is 1. The fourth-order valence-corrected chi connectivity index (χ4v) is 4.14. The molecule has 0 amide bonds. The zero-order chi connectivity index (χ0) is 25.3. The Kier molecular flexibility index (Phi) is 28.8. The first kappa shape index (κ1) is 36.3. The van der Waals surface area contributed by atoms with Gasteiger partial charge in [-0.05, 0) is 32.1 Å². The molecule has 0 heterocycles. The van der Waals surface area contributed by atoms with Gasteiger partial charge in [0.25, 0.3) is 0 Å². The number of hydrogen-bond acceptors (Lipinski definition) is 5. The van der Waals surface area contributed by atoms with Crippen LogP contribution in [-0.4, -0.2) is 53.1 Å². The molecule has 0 spiro atoms. The fourth-order valence-electron chi connectivity index (χ4n) is 4.14. The van der Waals surface area contributed by atoms with Gasteiger partial charge in [0.15, 0.2) is 0 Å². The van der Waals surface area contributed by atoms with E-state index in [9.17, 15) is 19.5 Å². The monoisotopic (exact) mass is 492 g/mol. The third kappa shape index (κ3) is 29.3. The number of aliphatic carboxylic acids is 1. The maximum atomic E-state index is 11.8. The van der Waals surface area contributed by atoms with E-state index in [-0.39, 0.29) is 37.8 Å². The Hall–Kier alpha value is -0.833. The Morgan fingerprint density at radius 1 is 0.571 bits per heavy atom. The summed E-state index contributed by atoms with van der Waals surface area (Å²) in [5.41, 5.74) is 0. The van der Waals surface area contributed by atoms with E-state index in [1.165, 1.54) is 44.9 Å². The Bertz CT molecular complexity index is 512. The van der Waals surface area contributed by atoms with Crippen molar-refractivity contribution in [1.82, 2.24) is 0 Å². The van der Waals surface area contributed by atoms with Gasteiger partial charge in [0.1, 0.15) is 0 Å². The second-order valence-electron chi connectivity index (χ2n) is 9.73. The standard InChI is InChI=1S/C28H52O6.Li.H/c1-2-3-4-15-20-25(29)21-16-11-7-5-6-8-13-18-23-27(32)34-28(33)24-19-14-10-9-12-17-22-26(30)31;;/h25,29H,2-24H2,1H3,(H,30,31);;. The molecule has 2 N–H and O–H groups in total. The summed E-state index contributed by atoms with van der Waals surface area (Å²) in [5, 5.41) is 18.6. The Morgan fingerprint density at radius 3 is 1.31 bits per heavy atom. The Labute approximate surface area is 226 Å². The first-order valence-electron chi connectivity index (χ1n) is 14.1. The Morgan fingerprint density at radius 2 is 0.914 bits per heavy atom. The van der Waals surface area contributed by atoms with E-state index in [1.807, 2.05) is 0 Å². The van der Waals surface area contributed by atoms with Gasteiger partial charge < -0.3 is 14.9 Å². The van der Waals surface area contributed by atoms with E-state index < -0.39 is 17.9 Å². The van der Waals surface area contributed by atoms with Crippen LogP contribution in [0.2, 0.25) is 0 Å². The molecule has 0 aliphatic carbocycles. The SMILES string of the molecule is CCCCCCC(O)CCCCCCCCCCC(=O)OC(=O)CCCCCCCCC(=O)O.[LiH]. The molecular formula is C28H53LiO6. The molecule has 0 saturated carbocycles. The average molecular weight is 493 g/mol. The van der Waals surface area contributed by atoms with Gasteiger partial charge in [0.2, 0.25) is 0 Å². The molecule has 6 nitrogen and oxygen atoms in total. The molecule has 0 aliphatic heterocycles. The summed E-state index contributed by atoms with van der Waals surface area (Å²) in [6.45, 7) is 2.20. The normalized spacial score (nSPS) is 11.6. The van der Waals surface area contributed by atoms with Crippen LogP contribution in [0.1, 0.15) is 155 Å². The van der Waals surface area contributed by atoms with Crippen LogP contribution in [0, 0.1) is 0 Å². The molecule has 0 aromatic carbocycles. The summed E-state index contributed by atoms with van der Waals surface area (Å²) in [6, 6.07) is 0. The summed E-state index contributed by atoms with van der Waals surface area (Å²) in [4.78, 5) is 33.9. The molecule has 35 heavy (non-hydrogen) atoms. The molecule has 1 unspecified atom stereocenters. The summed E-state index contributed by atoms with van der Waals surface area (Å²) < 4.78 is 4.89. The predicted octanol–water partition coefficient (Wildman–Crippen LogP) is 6.85. The zero-order valence-electron chi connectivity index (χ0n) is 21.9. The van der Waals surface area contributed by atoms with Gasteiger partial charge in [0.05, 0.1) is 6.10 Å². The van der Waals surface area contributed by atoms with Crippen LogP contribution in [0.3, 0.4) is 0 Å². The van der Waals surface area contributed by atoms with Crippen molar-refractivity contribution in [3.8, 4) is 0 Å². The molecule has 0 fully saturated rings. The molecule has 0 aromatic heterocycles. The van der Waals surface area contributed by atoms with Gasteiger partial charge in [-0.25, -0.2) is 0 Å². The molecule has 0 aromatic rings. The van der Waals surface area contributed by atoms with Crippen LogP contribution >= 0.6 is 0 Å². The minimum absolute atomic E-state index is 0. The third-order valence-corrected chi connectivity index (χ3v) is 6.31. The van der Waals surface area contributed by atoms with E-state index in [4.69, 9.17) is 9.84 Å². The number of ether oxygens (including phenoxy) is 1. The second kappa shape index (κ2) is 27.7. The number of esters is 2. The topological polar surface area (TPSA) is 101 Å². The van der Waals surface area contributed by atoms with Crippen LogP contribution in [0.4, 0.5) is 0 Å². The molecule has 0 radical (unpaired) electrons. The van der Waals surface area contributed by atoms with Crippen molar-refractivity contribution in [2.24, 2.45) is 0 Å².